The van der Waals surface area contributed by atoms with Gasteiger partial charge in [0.1, 0.15) is 0 Å². The van der Waals surface area contributed by atoms with Crippen LogP contribution in [0.5, 0.6) is 0 Å². The van der Waals surface area contributed by atoms with E-state index < -0.39 is 11.7 Å². The molecule has 1 amide bonds. The van der Waals surface area contributed by atoms with Crippen LogP contribution in [-0.4, -0.2) is 25.0 Å². The molecule has 2 atom stereocenters. The van der Waals surface area contributed by atoms with Gasteiger partial charge in [-0.3, -0.25) is 4.79 Å². The summed E-state index contributed by atoms with van der Waals surface area (Å²) in [5.74, 6) is -0.556. The van der Waals surface area contributed by atoms with E-state index in [0.29, 0.717) is 23.4 Å². The summed E-state index contributed by atoms with van der Waals surface area (Å²) in [6, 6.07) is 8.16. The highest BCUT2D eigenvalue weighted by atomic mass is 35.5. The maximum absolute atomic E-state index is 13.7. The summed E-state index contributed by atoms with van der Waals surface area (Å²) in [4.78, 5) is 16.5. The van der Waals surface area contributed by atoms with Crippen molar-refractivity contribution in [2.45, 2.75) is 60.5 Å². The van der Waals surface area contributed by atoms with Crippen LogP contribution >= 0.6 is 24.2 Å². The number of carbonyl (C=O) groups excluding carboxylic acids is 1. The van der Waals surface area contributed by atoms with E-state index in [1.54, 1.807) is 0 Å². The highest BCUT2D eigenvalue weighted by Crippen LogP contribution is 2.50. The number of rotatable bonds is 3. The van der Waals surface area contributed by atoms with E-state index in [1.165, 1.54) is 11.8 Å². The zero-order chi connectivity index (χ0) is 23.2. The molecule has 0 bridgehead atoms. The third-order valence-electron chi connectivity index (χ3n) is 6.69. The Bertz CT molecular complexity index is 1070. The van der Waals surface area contributed by atoms with Gasteiger partial charge < -0.3 is 21.3 Å². The smallest absolute Gasteiger partial charge is 0.372 e. The molecule has 2 heterocycles. The summed E-state index contributed by atoms with van der Waals surface area (Å²) < 4.78 is 41.0. The van der Waals surface area contributed by atoms with Crippen molar-refractivity contribution < 1.29 is 18.0 Å². The zero-order valence-electron chi connectivity index (χ0n) is 18.6. The number of alkyl halides is 3. The first-order chi connectivity index (χ1) is 15.8. The number of hydrogen-bond acceptors (Lipinski definition) is 5. The largest absolute Gasteiger partial charge is 0.416 e. The minimum absolute atomic E-state index is 0. The second-order valence-electron chi connectivity index (χ2n) is 9.11. The van der Waals surface area contributed by atoms with Crippen LogP contribution in [-0.2, 0) is 11.0 Å². The van der Waals surface area contributed by atoms with Crippen molar-refractivity contribution >= 4 is 52.8 Å². The van der Waals surface area contributed by atoms with Crippen LogP contribution in [0.25, 0.3) is 0 Å². The second-order valence-corrected chi connectivity index (χ2v) is 10.2. The van der Waals surface area contributed by atoms with Gasteiger partial charge in [0.15, 0.2) is 0 Å². The molecule has 1 saturated carbocycles. The van der Waals surface area contributed by atoms with E-state index in [-0.39, 0.29) is 36.0 Å². The number of fused-ring (bicyclic) bond motifs is 2. The fourth-order valence-corrected chi connectivity index (χ4v) is 6.01. The summed E-state index contributed by atoms with van der Waals surface area (Å²) in [6.45, 7) is 1.99. The molecule has 1 aliphatic carbocycles. The first-order valence-corrected chi connectivity index (χ1v) is 12.2. The Morgan fingerprint density at radius 1 is 1.09 bits per heavy atom. The average Bonchev–Trinajstić information content (AvgIpc) is 3.32. The van der Waals surface area contributed by atoms with E-state index in [2.05, 4.69) is 15.5 Å². The minimum atomic E-state index is -4.51. The molecular formula is C24H28ClF3N4OS. The van der Waals surface area contributed by atoms with Crippen LogP contribution in [0, 0.1) is 5.92 Å². The molecule has 4 N–H and O–H groups in total. The van der Waals surface area contributed by atoms with Crippen molar-refractivity contribution in [3.63, 3.8) is 0 Å². The Kier molecular flexibility index (Phi) is 7.26. The molecule has 2 aromatic rings. The summed E-state index contributed by atoms with van der Waals surface area (Å²) in [6.07, 6.45) is 0.754. The third-order valence-corrected chi connectivity index (χ3v) is 7.79. The average molecular weight is 513 g/mol. The lowest BCUT2D eigenvalue weighted by Crippen LogP contribution is -2.34. The number of halogens is 4. The number of benzene rings is 2. The monoisotopic (exact) mass is 512 g/mol. The van der Waals surface area contributed by atoms with E-state index in [4.69, 9.17) is 5.73 Å². The van der Waals surface area contributed by atoms with Crippen molar-refractivity contribution in [3.8, 4) is 0 Å². The van der Waals surface area contributed by atoms with Crippen LogP contribution < -0.4 is 21.3 Å². The highest BCUT2D eigenvalue weighted by Gasteiger charge is 2.34. The van der Waals surface area contributed by atoms with Gasteiger partial charge in [-0.15, -0.1) is 12.4 Å². The molecule has 0 radical (unpaired) electrons. The van der Waals surface area contributed by atoms with Crippen LogP contribution in [0.4, 0.5) is 35.9 Å². The van der Waals surface area contributed by atoms with E-state index in [1.807, 2.05) is 18.2 Å². The van der Waals surface area contributed by atoms with Gasteiger partial charge in [0.25, 0.3) is 0 Å². The summed E-state index contributed by atoms with van der Waals surface area (Å²) in [5, 5.41) is 6.06. The lowest BCUT2D eigenvalue weighted by molar-refractivity contribution is -0.137. The summed E-state index contributed by atoms with van der Waals surface area (Å²) >= 11 is 1.30. The number of nitrogens with one attached hydrogen (secondary N) is 2. The van der Waals surface area contributed by atoms with Gasteiger partial charge in [0, 0.05) is 40.5 Å². The summed E-state index contributed by atoms with van der Waals surface area (Å²) in [7, 11) is 0. The van der Waals surface area contributed by atoms with E-state index in [9.17, 15) is 18.0 Å². The molecule has 0 aromatic heterocycles. The molecule has 2 aliphatic heterocycles. The van der Waals surface area contributed by atoms with Crippen LogP contribution in [0.2, 0.25) is 0 Å². The van der Waals surface area contributed by atoms with Gasteiger partial charge in [-0.1, -0.05) is 18.2 Å². The molecule has 3 aliphatic rings. The third kappa shape index (κ3) is 5.11. The van der Waals surface area contributed by atoms with Gasteiger partial charge in [-0.05, 0) is 62.4 Å². The second kappa shape index (κ2) is 9.87. The van der Waals surface area contributed by atoms with Crippen LogP contribution in [0.3, 0.4) is 0 Å². The fourth-order valence-electron chi connectivity index (χ4n) is 4.91. The van der Waals surface area contributed by atoms with E-state index in [0.717, 1.165) is 67.2 Å². The van der Waals surface area contributed by atoms with Crippen LogP contribution in [0.15, 0.2) is 40.1 Å². The molecule has 5 nitrogen and oxygen atoms in total. The number of nitrogens with two attached hydrogens (primary N) is 1. The van der Waals surface area contributed by atoms with Crippen molar-refractivity contribution in [1.82, 2.24) is 0 Å². The zero-order valence-corrected chi connectivity index (χ0v) is 20.2. The number of nitrogens with zero attached hydrogens (tertiary/aromatic N) is 1. The Hall–Kier alpha value is -2.10. The summed E-state index contributed by atoms with van der Waals surface area (Å²) in [5.41, 5.74) is 7.80. The highest BCUT2D eigenvalue weighted by molar-refractivity contribution is 7.99. The van der Waals surface area contributed by atoms with Gasteiger partial charge in [-0.2, -0.15) is 13.2 Å². The number of carbonyl (C=O) groups is 1. The fraction of sp³-hybridized carbons (Fsp3) is 0.458. The maximum atomic E-state index is 13.7. The van der Waals surface area contributed by atoms with Crippen molar-refractivity contribution in [3.05, 3.63) is 35.9 Å². The van der Waals surface area contributed by atoms with Gasteiger partial charge in [-0.25, -0.2) is 0 Å². The van der Waals surface area contributed by atoms with E-state index >= 15 is 0 Å². The minimum Gasteiger partial charge on any atom is -0.372 e. The standard InChI is InChI=1S/C24H27F3N4OS.ClH/c25-24(26,27)15-11-19(30-23(32)14-4-3-5-16(28)10-14)22-21(12-15)33-20-13-17(6-7-18(20)29-22)31-8-1-2-9-31;/h6-7,11-14,16,29H,1-5,8-10,28H2,(H,30,32);1H. The Balaban J connectivity index is 0.00000274. The lowest BCUT2D eigenvalue weighted by Gasteiger charge is -2.29. The Labute approximate surface area is 207 Å². The first kappa shape index (κ1) is 25.0. The molecule has 34 heavy (non-hydrogen) atoms. The van der Waals surface area contributed by atoms with Crippen molar-refractivity contribution in [1.29, 1.82) is 0 Å². The molecule has 2 fully saturated rings. The Morgan fingerprint density at radius 3 is 2.56 bits per heavy atom. The molecule has 10 heteroatoms. The van der Waals surface area contributed by atoms with Gasteiger partial charge in [0.2, 0.25) is 5.91 Å². The van der Waals surface area contributed by atoms with Crippen LogP contribution in [0.1, 0.15) is 44.1 Å². The number of hydrogen-bond donors (Lipinski definition) is 3. The normalized spacial score (nSPS) is 21.7. The van der Waals surface area contributed by atoms with Gasteiger partial charge in [0.05, 0.1) is 22.6 Å². The molecule has 5 rings (SSSR count). The molecular weight excluding hydrogens is 485 g/mol. The topological polar surface area (TPSA) is 70.4 Å². The molecule has 184 valence electrons. The Morgan fingerprint density at radius 2 is 1.85 bits per heavy atom. The van der Waals surface area contributed by atoms with Crippen molar-refractivity contribution in [2.75, 3.05) is 28.6 Å². The molecule has 1 saturated heterocycles. The first-order valence-electron chi connectivity index (χ1n) is 11.4. The molecule has 2 unspecified atom stereocenters. The van der Waals surface area contributed by atoms with Crippen molar-refractivity contribution in [2.24, 2.45) is 11.7 Å². The predicted octanol–water partition coefficient (Wildman–Crippen LogP) is 6.39. The maximum Gasteiger partial charge on any atom is 0.416 e. The quantitative estimate of drug-likeness (QED) is 0.379. The predicted molar refractivity (Wildman–Crippen MR) is 133 cm³/mol. The molecule has 0 spiro atoms. The van der Waals surface area contributed by atoms with Gasteiger partial charge >= 0.3 is 6.18 Å². The lowest BCUT2D eigenvalue weighted by atomic mass is 9.85. The number of amides is 1. The number of anilines is 4. The molecule has 2 aromatic carbocycles. The SMILES string of the molecule is Cl.NC1CCCC(C(=O)Nc2cc(C(F)(F)F)cc3c2Nc2ccc(N4CCCC4)cc2S3)C1.